The highest BCUT2D eigenvalue weighted by Gasteiger charge is 2.35. The van der Waals surface area contributed by atoms with Gasteiger partial charge in [-0.2, -0.15) is 4.39 Å². The second kappa shape index (κ2) is 4.84. The minimum Gasteiger partial charge on any atom is -0.485 e. The van der Waals surface area contributed by atoms with E-state index in [9.17, 15) is 13.9 Å². The predicted octanol–water partition coefficient (Wildman–Crippen LogP) is 3.28. The Morgan fingerprint density at radius 2 is 2.06 bits per heavy atom. The first-order valence-electron chi connectivity index (χ1n) is 6.18. The molecule has 1 aliphatic rings. The van der Waals surface area contributed by atoms with Gasteiger partial charge in [-0.3, -0.25) is 0 Å². The summed E-state index contributed by atoms with van der Waals surface area (Å²) in [6.45, 7) is 4.16. The van der Waals surface area contributed by atoms with Crippen LogP contribution in [0.5, 0.6) is 5.75 Å². The molecule has 1 aromatic rings. The number of aliphatic hydroxyl groups excluding tert-OH is 1. The fraction of sp³-hybridized carbons (Fsp3) is 0.571. The number of aliphatic hydroxyl groups is 1. The van der Waals surface area contributed by atoms with Gasteiger partial charge < -0.3 is 9.84 Å². The molecule has 1 aliphatic carbocycles. The molecule has 18 heavy (non-hydrogen) atoms. The van der Waals surface area contributed by atoms with Crippen LogP contribution in [0.3, 0.4) is 0 Å². The average Bonchev–Trinajstić information content (AvgIpc) is 2.29. The van der Waals surface area contributed by atoms with E-state index >= 15 is 0 Å². The predicted molar refractivity (Wildman–Crippen MR) is 64.4 cm³/mol. The first-order valence-corrected chi connectivity index (χ1v) is 6.18. The lowest BCUT2D eigenvalue weighted by Crippen LogP contribution is -2.41. The molecule has 0 heterocycles. The molecular weight excluding hydrogens is 238 g/mol. The lowest BCUT2D eigenvalue weighted by atomic mass is 9.75. The molecule has 0 bridgehead atoms. The Morgan fingerprint density at radius 3 is 2.78 bits per heavy atom. The minimum atomic E-state index is -0.993. The van der Waals surface area contributed by atoms with Crippen LogP contribution < -0.4 is 4.74 Å². The Balaban J connectivity index is 2.15. The summed E-state index contributed by atoms with van der Waals surface area (Å²) in [5.74, 6) is -2.05. The molecule has 4 heteroatoms. The van der Waals surface area contributed by atoms with E-state index in [0.29, 0.717) is 12.8 Å². The second-order valence-electron chi connectivity index (χ2n) is 5.68. The highest BCUT2D eigenvalue weighted by atomic mass is 19.2. The third kappa shape index (κ3) is 2.80. The quantitative estimate of drug-likeness (QED) is 0.880. The molecule has 1 aromatic carbocycles. The van der Waals surface area contributed by atoms with Crippen LogP contribution >= 0.6 is 0 Å². The van der Waals surface area contributed by atoms with E-state index in [0.717, 1.165) is 12.5 Å². The van der Waals surface area contributed by atoms with Gasteiger partial charge in [-0.15, -0.1) is 0 Å². The number of rotatable bonds is 2. The van der Waals surface area contributed by atoms with Crippen LogP contribution in [0.1, 0.15) is 33.1 Å². The number of hydrogen-bond donors (Lipinski definition) is 1. The summed E-state index contributed by atoms with van der Waals surface area (Å²) in [5.41, 5.74) is 0.0493. The van der Waals surface area contributed by atoms with Crippen LogP contribution in [0.4, 0.5) is 8.78 Å². The van der Waals surface area contributed by atoms with E-state index < -0.39 is 23.8 Å². The van der Waals surface area contributed by atoms with Crippen LogP contribution in [-0.2, 0) is 0 Å². The van der Waals surface area contributed by atoms with Gasteiger partial charge in [0.2, 0.25) is 5.82 Å². The first kappa shape index (κ1) is 13.3. The van der Waals surface area contributed by atoms with Crippen molar-refractivity contribution >= 4 is 0 Å². The molecule has 1 N–H and O–H groups in total. The van der Waals surface area contributed by atoms with Gasteiger partial charge in [-0.25, -0.2) is 4.39 Å². The zero-order valence-corrected chi connectivity index (χ0v) is 10.6. The standard InChI is InChI=1S/C14H18F2O2/c1-14(2)7-6-10(17)12(8-14)18-11-5-3-4-9(15)13(11)16/h3-5,10,12,17H,6-8H2,1-2H3. The largest absolute Gasteiger partial charge is 0.485 e. The zero-order chi connectivity index (χ0) is 13.3. The SMILES string of the molecule is CC1(C)CCC(O)C(Oc2cccc(F)c2F)C1. The molecule has 2 unspecified atom stereocenters. The lowest BCUT2D eigenvalue weighted by molar-refractivity contribution is -0.0321. The third-order valence-corrected chi connectivity index (χ3v) is 3.49. The Bertz CT molecular complexity index is 432. The number of benzene rings is 1. The number of ether oxygens (including phenoxy) is 1. The highest BCUT2D eigenvalue weighted by molar-refractivity contribution is 5.25. The summed E-state index contributed by atoms with van der Waals surface area (Å²) in [6.07, 6.45) is 1.05. The Kier molecular flexibility index (Phi) is 3.57. The van der Waals surface area contributed by atoms with Crippen molar-refractivity contribution in [3.8, 4) is 5.75 Å². The molecule has 0 amide bonds. The van der Waals surface area contributed by atoms with Crippen LogP contribution in [0.2, 0.25) is 0 Å². The molecule has 100 valence electrons. The fourth-order valence-electron chi connectivity index (χ4n) is 2.37. The summed E-state index contributed by atoms with van der Waals surface area (Å²) in [5, 5.41) is 9.88. The lowest BCUT2D eigenvalue weighted by Gasteiger charge is -2.38. The van der Waals surface area contributed by atoms with Gasteiger partial charge in [0, 0.05) is 0 Å². The van der Waals surface area contributed by atoms with Gasteiger partial charge >= 0.3 is 0 Å². The smallest absolute Gasteiger partial charge is 0.200 e. The first-order chi connectivity index (χ1) is 8.39. The van der Waals surface area contributed by atoms with Gasteiger partial charge in [0.05, 0.1) is 6.10 Å². The van der Waals surface area contributed by atoms with E-state index in [-0.39, 0.29) is 11.2 Å². The highest BCUT2D eigenvalue weighted by Crippen LogP contribution is 2.37. The maximum atomic E-state index is 13.5. The molecule has 2 nitrogen and oxygen atoms in total. The molecule has 0 spiro atoms. The average molecular weight is 256 g/mol. The van der Waals surface area contributed by atoms with E-state index in [1.165, 1.54) is 12.1 Å². The Hall–Kier alpha value is -1.16. The Labute approximate surface area is 106 Å². The van der Waals surface area contributed by atoms with Crippen molar-refractivity contribution in [3.05, 3.63) is 29.8 Å². The van der Waals surface area contributed by atoms with Crippen molar-refractivity contribution in [2.45, 2.75) is 45.3 Å². The van der Waals surface area contributed by atoms with E-state index in [4.69, 9.17) is 4.74 Å². The number of halogens is 2. The zero-order valence-electron chi connectivity index (χ0n) is 10.6. The molecule has 2 atom stereocenters. The summed E-state index contributed by atoms with van der Waals surface area (Å²) in [6, 6.07) is 3.82. The maximum absolute atomic E-state index is 13.5. The Morgan fingerprint density at radius 1 is 1.33 bits per heavy atom. The van der Waals surface area contributed by atoms with Crippen LogP contribution in [0.15, 0.2) is 18.2 Å². The van der Waals surface area contributed by atoms with E-state index in [1.807, 2.05) is 0 Å². The van der Waals surface area contributed by atoms with Crippen molar-refractivity contribution in [1.29, 1.82) is 0 Å². The molecular formula is C14H18F2O2. The van der Waals surface area contributed by atoms with Gasteiger partial charge in [0.25, 0.3) is 0 Å². The molecule has 0 radical (unpaired) electrons. The van der Waals surface area contributed by atoms with E-state index in [1.54, 1.807) is 0 Å². The van der Waals surface area contributed by atoms with Crippen molar-refractivity contribution < 1.29 is 18.6 Å². The van der Waals surface area contributed by atoms with Gasteiger partial charge in [0.1, 0.15) is 6.10 Å². The molecule has 1 saturated carbocycles. The van der Waals surface area contributed by atoms with Gasteiger partial charge in [-0.05, 0) is 36.8 Å². The number of hydrogen-bond acceptors (Lipinski definition) is 2. The monoisotopic (exact) mass is 256 g/mol. The molecule has 0 aromatic heterocycles. The summed E-state index contributed by atoms with van der Waals surface area (Å²) >= 11 is 0. The molecule has 2 rings (SSSR count). The van der Waals surface area contributed by atoms with E-state index in [2.05, 4.69) is 13.8 Å². The summed E-state index contributed by atoms with van der Waals surface area (Å²) < 4.78 is 32.0. The third-order valence-electron chi connectivity index (χ3n) is 3.49. The topological polar surface area (TPSA) is 29.5 Å². The van der Waals surface area contributed by atoms with Gasteiger partial charge in [0.15, 0.2) is 11.6 Å². The van der Waals surface area contributed by atoms with Crippen molar-refractivity contribution in [2.75, 3.05) is 0 Å². The minimum absolute atomic E-state index is 0.0493. The second-order valence-corrected chi connectivity index (χ2v) is 5.68. The molecule has 0 saturated heterocycles. The molecule has 0 aliphatic heterocycles. The van der Waals surface area contributed by atoms with Crippen molar-refractivity contribution in [1.82, 2.24) is 0 Å². The normalized spacial score (nSPS) is 26.9. The molecule has 1 fully saturated rings. The maximum Gasteiger partial charge on any atom is 0.200 e. The van der Waals surface area contributed by atoms with Crippen molar-refractivity contribution in [3.63, 3.8) is 0 Å². The van der Waals surface area contributed by atoms with Crippen LogP contribution in [-0.4, -0.2) is 17.3 Å². The van der Waals surface area contributed by atoms with Gasteiger partial charge in [-0.1, -0.05) is 19.9 Å². The summed E-state index contributed by atoms with van der Waals surface area (Å²) in [4.78, 5) is 0. The fourth-order valence-corrected chi connectivity index (χ4v) is 2.37. The summed E-state index contributed by atoms with van der Waals surface area (Å²) in [7, 11) is 0. The van der Waals surface area contributed by atoms with Crippen LogP contribution in [0.25, 0.3) is 0 Å². The van der Waals surface area contributed by atoms with Crippen LogP contribution in [0, 0.1) is 17.0 Å². The van der Waals surface area contributed by atoms with Crippen molar-refractivity contribution in [2.24, 2.45) is 5.41 Å².